The number of likely N-dealkylation sites (tertiary alicyclic amines) is 2. The molecule has 2 atom stereocenters. The molecule has 142 valence electrons. The molecule has 2 aliphatic heterocycles. The highest BCUT2D eigenvalue weighted by Gasteiger charge is 2.30. The van der Waals surface area contributed by atoms with Gasteiger partial charge in [-0.15, -0.1) is 24.0 Å². The lowest BCUT2D eigenvalue weighted by molar-refractivity contribution is 0.249. The van der Waals surface area contributed by atoms with E-state index in [-0.39, 0.29) is 28.7 Å². The number of hydrogen-bond donors (Lipinski definition) is 1. The van der Waals surface area contributed by atoms with Gasteiger partial charge in [-0.3, -0.25) is 14.1 Å². The summed E-state index contributed by atoms with van der Waals surface area (Å²) in [6.45, 7) is 14.4. The second kappa shape index (κ2) is 10.3. The van der Waals surface area contributed by atoms with Crippen molar-refractivity contribution in [2.75, 3.05) is 45.0 Å². The average Bonchev–Trinajstić information content (AvgIpc) is 3.16. The highest BCUT2D eigenvalue weighted by molar-refractivity contribution is 14.0. The monoisotopic (exact) mass is 470 g/mol. The number of nitrogens with zero attached hydrogens (tertiary/aromatic N) is 3. The molecule has 0 bridgehead atoms. The van der Waals surface area contributed by atoms with E-state index in [1.807, 2.05) is 20.8 Å². The zero-order valence-corrected chi connectivity index (χ0v) is 18.9. The van der Waals surface area contributed by atoms with Crippen molar-refractivity contribution < 1.29 is 4.21 Å². The number of rotatable bonds is 5. The minimum atomic E-state index is -0.830. The normalized spacial score (nSPS) is 24.1. The topological polar surface area (TPSA) is 47.9 Å². The molecular formula is C17H35IN4OS. The van der Waals surface area contributed by atoms with Crippen molar-refractivity contribution in [3.63, 3.8) is 0 Å². The minimum absolute atomic E-state index is 0. The van der Waals surface area contributed by atoms with E-state index in [2.05, 4.69) is 22.0 Å². The fourth-order valence-electron chi connectivity index (χ4n) is 3.31. The van der Waals surface area contributed by atoms with Crippen molar-refractivity contribution in [1.82, 2.24) is 15.1 Å². The molecule has 2 unspecified atom stereocenters. The van der Waals surface area contributed by atoms with Gasteiger partial charge < -0.3 is 10.2 Å². The van der Waals surface area contributed by atoms with E-state index in [9.17, 15) is 4.21 Å². The maximum absolute atomic E-state index is 12.2. The van der Waals surface area contributed by atoms with Gasteiger partial charge in [-0.1, -0.05) is 0 Å². The number of hydrogen-bond acceptors (Lipinski definition) is 3. The molecule has 1 N–H and O–H groups in total. The van der Waals surface area contributed by atoms with Gasteiger partial charge in [0.2, 0.25) is 0 Å². The van der Waals surface area contributed by atoms with Crippen LogP contribution >= 0.6 is 24.0 Å². The highest BCUT2D eigenvalue weighted by atomic mass is 127. The van der Waals surface area contributed by atoms with E-state index in [1.165, 1.54) is 32.4 Å². The van der Waals surface area contributed by atoms with Crippen LogP contribution in [0.2, 0.25) is 0 Å². The van der Waals surface area contributed by atoms with E-state index in [0.29, 0.717) is 18.3 Å². The van der Waals surface area contributed by atoms with E-state index in [0.717, 1.165) is 25.6 Å². The van der Waals surface area contributed by atoms with Crippen molar-refractivity contribution in [2.24, 2.45) is 4.99 Å². The van der Waals surface area contributed by atoms with Gasteiger partial charge in [0.15, 0.2) is 5.96 Å². The molecule has 2 heterocycles. The van der Waals surface area contributed by atoms with Crippen LogP contribution < -0.4 is 5.32 Å². The molecule has 0 aromatic rings. The Labute approximate surface area is 167 Å². The SMILES string of the molecule is CCNC(=NCCS(=O)C(C)(C)C)N1CCC(N2CCCC2)C1.I. The Bertz CT molecular complexity index is 433. The summed E-state index contributed by atoms with van der Waals surface area (Å²) in [5.41, 5.74) is 0. The molecule has 0 spiro atoms. The van der Waals surface area contributed by atoms with Crippen LogP contribution in [0.15, 0.2) is 4.99 Å². The number of nitrogens with one attached hydrogen (secondary N) is 1. The second-order valence-electron chi connectivity index (χ2n) is 7.53. The van der Waals surface area contributed by atoms with E-state index in [1.54, 1.807) is 0 Å². The Hall–Kier alpha value is 0.110. The summed E-state index contributed by atoms with van der Waals surface area (Å²) in [5, 5.41) is 3.41. The summed E-state index contributed by atoms with van der Waals surface area (Å²) in [5.74, 6) is 1.64. The van der Waals surface area contributed by atoms with Gasteiger partial charge in [0.25, 0.3) is 0 Å². The number of aliphatic imine (C=N–C) groups is 1. The van der Waals surface area contributed by atoms with Crippen LogP contribution in [0.25, 0.3) is 0 Å². The molecule has 5 nitrogen and oxygen atoms in total. The maximum atomic E-state index is 12.2. The summed E-state index contributed by atoms with van der Waals surface area (Å²) in [4.78, 5) is 9.75. The standard InChI is InChI=1S/C17H34N4OS.HI/c1-5-18-16(19-9-13-23(22)17(2,3)4)21-12-8-15(14-21)20-10-6-7-11-20;/h15H,5-14H2,1-4H3,(H,18,19);1H. The molecule has 0 amide bonds. The number of guanidine groups is 1. The first-order chi connectivity index (χ1) is 10.9. The first kappa shape index (κ1) is 22.2. The first-order valence-corrected chi connectivity index (χ1v) is 10.4. The largest absolute Gasteiger partial charge is 0.357 e. The molecule has 0 saturated carbocycles. The molecule has 0 radical (unpaired) electrons. The Kier molecular flexibility index (Phi) is 9.51. The highest BCUT2D eigenvalue weighted by Crippen LogP contribution is 2.20. The molecule has 7 heteroatoms. The smallest absolute Gasteiger partial charge is 0.193 e. The second-order valence-corrected chi connectivity index (χ2v) is 9.85. The third kappa shape index (κ3) is 6.44. The third-order valence-electron chi connectivity index (χ3n) is 4.68. The average molecular weight is 470 g/mol. The van der Waals surface area contributed by atoms with Crippen molar-refractivity contribution in [3.8, 4) is 0 Å². The molecule has 24 heavy (non-hydrogen) atoms. The number of halogens is 1. The summed E-state index contributed by atoms with van der Waals surface area (Å²) >= 11 is 0. The zero-order valence-electron chi connectivity index (χ0n) is 15.7. The minimum Gasteiger partial charge on any atom is -0.357 e. The van der Waals surface area contributed by atoms with Gasteiger partial charge in [0, 0.05) is 47.0 Å². The first-order valence-electron chi connectivity index (χ1n) is 9.07. The van der Waals surface area contributed by atoms with Crippen LogP contribution in [-0.2, 0) is 10.8 Å². The molecule has 2 aliphatic rings. The Balaban J connectivity index is 0.00000288. The molecule has 0 aliphatic carbocycles. The molecule has 0 aromatic heterocycles. The zero-order chi connectivity index (χ0) is 16.9. The maximum Gasteiger partial charge on any atom is 0.193 e. The lowest BCUT2D eigenvalue weighted by Crippen LogP contribution is -2.43. The van der Waals surface area contributed by atoms with E-state index in [4.69, 9.17) is 4.99 Å². The molecule has 2 saturated heterocycles. The van der Waals surface area contributed by atoms with Crippen LogP contribution in [0.5, 0.6) is 0 Å². The van der Waals surface area contributed by atoms with Crippen molar-refractivity contribution in [1.29, 1.82) is 0 Å². The van der Waals surface area contributed by atoms with E-state index < -0.39 is 10.8 Å². The molecule has 2 fully saturated rings. The van der Waals surface area contributed by atoms with Crippen LogP contribution in [0.1, 0.15) is 47.0 Å². The van der Waals surface area contributed by atoms with Gasteiger partial charge in [0.1, 0.15) is 0 Å². The van der Waals surface area contributed by atoms with Crippen molar-refractivity contribution in [3.05, 3.63) is 0 Å². The van der Waals surface area contributed by atoms with Gasteiger partial charge in [-0.05, 0) is 60.0 Å². The third-order valence-corrected chi connectivity index (χ3v) is 6.60. The Morgan fingerprint density at radius 1 is 1.25 bits per heavy atom. The van der Waals surface area contributed by atoms with E-state index >= 15 is 0 Å². The van der Waals surface area contributed by atoms with Crippen molar-refractivity contribution in [2.45, 2.75) is 57.7 Å². The van der Waals surface area contributed by atoms with Gasteiger partial charge in [0.05, 0.1) is 6.54 Å². The Morgan fingerprint density at radius 2 is 1.92 bits per heavy atom. The van der Waals surface area contributed by atoms with Gasteiger partial charge in [-0.2, -0.15) is 0 Å². The van der Waals surface area contributed by atoms with Crippen LogP contribution in [0.3, 0.4) is 0 Å². The summed E-state index contributed by atoms with van der Waals surface area (Å²) in [6.07, 6.45) is 3.94. The fraction of sp³-hybridized carbons (Fsp3) is 0.941. The van der Waals surface area contributed by atoms with Gasteiger partial charge in [-0.25, -0.2) is 0 Å². The fourth-order valence-corrected chi connectivity index (χ4v) is 4.17. The molecule has 2 rings (SSSR count). The predicted octanol–water partition coefficient (Wildman–Crippen LogP) is 2.29. The van der Waals surface area contributed by atoms with Crippen LogP contribution in [-0.4, -0.2) is 75.8 Å². The summed E-state index contributed by atoms with van der Waals surface area (Å²) < 4.78 is 12.0. The van der Waals surface area contributed by atoms with Gasteiger partial charge >= 0.3 is 0 Å². The summed E-state index contributed by atoms with van der Waals surface area (Å²) in [7, 11) is -0.830. The van der Waals surface area contributed by atoms with Crippen LogP contribution in [0.4, 0.5) is 0 Å². The van der Waals surface area contributed by atoms with Crippen LogP contribution in [0, 0.1) is 0 Å². The quantitative estimate of drug-likeness (QED) is 0.381. The van der Waals surface area contributed by atoms with Crippen molar-refractivity contribution >= 4 is 40.7 Å². The molecule has 0 aromatic carbocycles. The lowest BCUT2D eigenvalue weighted by Gasteiger charge is -2.25. The predicted molar refractivity (Wildman–Crippen MR) is 115 cm³/mol. The lowest BCUT2D eigenvalue weighted by atomic mass is 10.2. The Morgan fingerprint density at radius 3 is 2.50 bits per heavy atom. The summed E-state index contributed by atoms with van der Waals surface area (Å²) in [6, 6.07) is 0.685. The molecular weight excluding hydrogens is 435 g/mol.